The lowest BCUT2D eigenvalue weighted by Gasteiger charge is -2.22. The summed E-state index contributed by atoms with van der Waals surface area (Å²) in [6, 6.07) is 12.5. The van der Waals surface area contributed by atoms with Gasteiger partial charge in [-0.25, -0.2) is 0 Å². The van der Waals surface area contributed by atoms with Gasteiger partial charge in [0.1, 0.15) is 0 Å². The number of aliphatic hydroxyl groups excluding tert-OH is 1. The van der Waals surface area contributed by atoms with Gasteiger partial charge in [-0.2, -0.15) is 0 Å². The van der Waals surface area contributed by atoms with E-state index >= 15 is 0 Å². The lowest BCUT2D eigenvalue weighted by molar-refractivity contribution is 0.0706. The maximum absolute atomic E-state index is 13.0. The van der Waals surface area contributed by atoms with Crippen molar-refractivity contribution in [3.8, 4) is 11.5 Å². The zero-order chi connectivity index (χ0) is 19.7. The first-order valence-corrected chi connectivity index (χ1v) is 8.98. The van der Waals surface area contributed by atoms with E-state index in [9.17, 15) is 14.7 Å². The van der Waals surface area contributed by atoms with Crippen LogP contribution in [0.25, 0.3) is 10.9 Å². The summed E-state index contributed by atoms with van der Waals surface area (Å²) in [5, 5.41) is 10.2. The molecule has 0 spiro atoms. The van der Waals surface area contributed by atoms with Crippen molar-refractivity contribution < 1.29 is 19.4 Å². The van der Waals surface area contributed by atoms with Crippen LogP contribution in [-0.4, -0.2) is 40.8 Å². The van der Waals surface area contributed by atoms with Crippen LogP contribution in [0.15, 0.2) is 47.3 Å². The Morgan fingerprint density at radius 1 is 1.18 bits per heavy atom. The third kappa shape index (κ3) is 3.32. The normalized spacial score (nSPS) is 12.4. The molecule has 0 fully saturated rings. The Morgan fingerprint density at radius 2 is 1.93 bits per heavy atom. The molecule has 0 aliphatic carbocycles. The summed E-state index contributed by atoms with van der Waals surface area (Å²) >= 11 is 0. The van der Waals surface area contributed by atoms with E-state index < -0.39 is 0 Å². The van der Waals surface area contributed by atoms with E-state index in [-0.39, 0.29) is 38.0 Å². The number of aromatic amines is 1. The summed E-state index contributed by atoms with van der Waals surface area (Å²) < 4.78 is 10.7. The van der Waals surface area contributed by atoms with Crippen molar-refractivity contribution in [1.82, 2.24) is 9.88 Å². The largest absolute Gasteiger partial charge is 0.454 e. The van der Waals surface area contributed by atoms with E-state index in [0.29, 0.717) is 28.1 Å². The quantitative estimate of drug-likeness (QED) is 0.708. The summed E-state index contributed by atoms with van der Waals surface area (Å²) in [6.45, 7) is 2.04. The van der Waals surface area contributed by atoms with Gasteiger partial charge in [-0.15, -0.1) is 0 Å². The highest BCUT2D eigenvalue weighted by Crippen LogP contribution is 2.35. The fourth-order valence-electron chi connectivity index (χ4n) is 3.32. The molecule has 3 aromatic rings. The molecule has 1 amide bonds. The van der Waals surface area contributed by atoms with E-state index in [1.165, 1.54) is 4.90 Å². The summed E-state index contributed by atoms with van der Waals surface area (Å²) in [5.41, 5.74) is 2.18. The van der Waals surface area contributed by atoms with Crippen LogP contribution in [-0.2, 0) is 6.54 Å². The Hall–Kier alpha value is -3.32. The Morgan fingerprint density at radius 3 is 2.68 bits per heavy atom. The van der Waals surface area contributed by atoms with Crippen LogP contribution in [0, 0.1) is 6.92 Å². The van der Waals surface area contributed by atoms with Crippen molar-refractivity contribution in [2.75, 3.05) is 19.9 Å². The van der Waals surface area contributed by atoms with E-state index in [4.69, 9.17) is 9.47 Å². The van der Waals surface area contributed by atoms with Gasteiger partial charge in [-0.1, -0.05) is 18.2 Å². The number of nitrogens with zero attached hydrogens (tertiary/aromatic N) is 1. The number of fused-ring (bicyclic) bond motifs is 2. The highest BCUT2D eigenvalue weighted by Gasteiger charge is 2.20. The van der Waals surface area contributed by atoms with Gasteiger partial charge in [0.15, 0.2) is 11.5 Å². The number of pyridine rings is 1. The Labute approximate surface area is 161 Å². The number of hydrogen-bond donors (Lipinski definition) is 2. The first-order valence-electron chi connectivity index (χ1n) is 8.98. The predicted molar refractivity (Wildman–Crippen MR) is 104 cm³/mol. The molecule has 0 atom stereocenters. The third-order valence-corrected chi connectivity index (χ3v) is 4.81. The van der Waals surface area contributed by atoms with Crippen molar-refractivity contribution in [2.45, 2.75) is 13.5 Å². The van der Waals surface area contributed by atoms with Crippen molar-refractivity contribution in [3.63, 3.8) is 0 Å². The van der Waals surface area contributed by atoms with Crippen molar-refractivity contribution in [1.29, 1.82) is 0 Å². The van der Waals surface area contributed by atoms with Gasteiger partial charge in [-0.05, 0) is 30.7 Å². The fourth-order valence-corrected chi connectivity index (χ4v) is 3.32. The number of aryl methyl sites for hydroxylation is 1. The minimum Gasteiger partial charge on any atom is -0.454 e. The molecule has 0 radical (unpaired) electrons. The minimum atomic E-state index is -0.285. The third-order valence-electron chi connectivity index (χ3n) is 4.81. The van der Waals surface area contributed by atoms with E-state index in [1.54, 1.807) is 30.3 Å². The van der Waals surface area contributed by atoms with Crippen LogP contribution in [0.5, 0.6) is 11.5 Å². The van der Waals surface area contributed by atoms with Crippen LogP contribution in [0.4, 0.5) is 0 Å². The minimum absolute atomic E-state index is 0.0907. The molecular formula is C21H20N2O5. The SMILES string of the molecule is Cc1ccccc1C(=O)N(CCO)Cc1cc2cc3c(cc2[nH]c1=O)OCO3. The maximum Gasteiger partial charge on any atom is 0.254 e. The average molecular weight is 380 g/mol. The number of ether oxygens (including phenoxy) is 2. The first kappa shape index (κ1) is 18.1. The Kier molecular flexibility index (Phi) is 4.75. The zero-order valence-electron chi connectivity index (χ0n) is 15.4. The van der Waals surface area contributed by atoms with Crippen LogP contribution in [0.3, 0.4) is 0 Å². The summed E-state index contributed by atoms with van der Waals surface area (Å²) in [7, 11) is 0. The second-order valence-electron chi connectivity index (χ2n) is 6.68. The van der Waals surface area contributed by atoms with Gasteiger partial charge in [0, 0.05) is 29.1 Å². The van der Waals surface area contributed by atoms with Gasteiger partial charge < -0.3 is 24.5 Å². The van der Waals surface area contributed by atoms with E-state index in [2.05, 4.69) is 4.98 Å². The lowest BCUT2D eigenvalue weighted by Crippen LogP contribution is -2.35. The number of rotatable bonds is 5. The molecule has 1 aliphatic rings. The van der Waals surface area contributed by atoms with Crippen molar-refractivity contribution in [3.05, 3.63) is 69.5 Å². The Bertz CT molecular complexity index is 1110. The number of nitrogens with one attached hydrogen (secondary N) is 1. The number of carbonyl (C=O) groups excluding carboxylic acids is 1. The predicted octanol–water partition coefficient (Wildman–Crippen LogP) is 2.20. The second kappa shape index (κ2) is 7.36. The van der Waals surface area contributed by atoms with Crippen molar-refractivity contribution in [2.24, 2.45) is 0 Å². The molecule has 28 heavy (non-hydrogen) atoms. The number of carbonyl (C=O) groups is 1. The van der Waals surface area contributed by atoms with Crippen molar-refractivity contribution >= 4 is 16.8 Å². The summed E-state index contributed by atoms with van der Waals surface area (Å²) in [4.78, 5) is 29.8. The maximum atomic E-state index is 13.0. The van der Waals surface area contributed by atoms with Crippen LogP contribution in [0.2, 0.25) is 0 Å². The molecule has 7 nitrogen and oxygen atoms in total. The van der Waals surface area contributed by atoms with Crippen LogP contribution < -0.4 is 15.0 Å². The molecule has 2 N–H and O–H groups in total. The number of hydrogen-bond acceptors (Lipinski definition) is 5. The molecule has 2 heterocycles. The van der Waals surface area contributed by atoms with Gasteiger partial charge >= 0.3 is 0 Å². The smallest absolute Gasteiger partial charge is 0.254 e. The summed E-state index contributed by atoms with van der Waals surface area (Å²) in [5.74, 6) is 0.985. The molecule has 7 heteroatoms. The Balaban J connectivity index is 1.69. The molecule has 0 bridgehead atoms. The molecule has 144 valence electrons. The molecule has 1 aromatic heterocycles. The average Bonchev–Trinajstić information content (AvgIpc) is 3.13. The van der Waals surface area contributed by atoms with Gasteiger partial charge in [-0.3, -0.25) is 9.59 Å². The zero-order valence-corrected chi connectivity index (χ0v) is 15.4. The highest BCUT2D eigenvalue weighted by atomic mass is 16.7. The highest BCUT2D eigenvalue weighted by molar-refractivity contribution is 5.95. The number of H-pyrrole nitrogens is 1. The number of aromatic nitrogens is 1. The topological polar surface area (TPSA) is 91.9 Å². The monoisotopic (exact) mass is 380 g/mol. The molecule has 0 saturated heterocycles. The number of benzene rings is 2. The first-order chi connectivity index (χ1) is 13.6. The van der Waals surface area contributed by atoms with Gasteiger partial charge in [0.2, 0.25) is 6.79 Å². The molecule has 0 saturated carbocycles. The molecule has 1 aliphatic heterocycles. The fraction of sp³-hybridized carbons (Fsp3) is 0.238. The van der Waals surface area contributed by atoms with E-state index in [1.807, 2.05) is 19.1 Å². The number of aliphatic hydroxyl groups is 1. The lowest BCUT2D eigenvalue weighted by atomic mass is 10.1. The van der Waals surface area contributed by atoms with Gasteiger partial charge in [0.25, 0.3) is 11.5 Å². The second-order valence-corrected chi connectivity index (χ2v) is 6.68. The standard InChI is InChI=1S/C21H20N2O5/c1-13-4-2-3-5-16(13)21(26)23(6-7-24)11-15-8-14-9-18-19(28-12-27-18)10-17(14)22-20(15)25/h2-5,8-10,24H,6-7,11-12H2,1H3,(H,22,25). The molecule has 4 rings (SSSR count). The number of amides is 1. The van der Waals surface area contributed by atoms with E-state index in [0.717, 1.165) is 10.9 Å². The summed E-state index contributed by atoms with van der Waals surface area (Å²) in [6.07, 6.45) is 0. The molecular weight excluding hydrogens is 360 g/mol. The molecule has 2 aromatic carbocycles. The van der Waals surface area contributed by atoms with Crippen LogP contribution >= 0.6 is 0 Å². The van der Waals surface area contributed by atoms with Crippen LogP contribution in [0.1, 0.15) is 21.5 Å². The molecule has 0 unspecified atom stereocenters. The van der Waals surface area contributed by atoms with Gasteiger partial charge in [0.05, 0.1) is 18.7 Å².